The minimum atomic E-state index is -0.406. The number of methoxy groups -OCH3 is 2. The predicted octanol–water partition coefficient (Wildman–Crippen LogP) is 5.13. The van der Waals surface area contributed by atoms with Gasteiger partial charge >= 0.3 is 0 Å². The van der Waals surface area contributed by atoms with Gasteiger partial charge in [0.05, 0.1) is 24.8 Å². The molecule has 4 rings (SSSR count). The maximum atomic E-state index is 12.3. The molecule has 2 heterocycles. The van der Waals surface area contributed by atoms with E-state index in [9.17, 15) is 4.79 Å². The van der Waals surface area contributed by atoms with Gasteiger partial charge in [-0.2, -0.15) is 0 Å². The van der Waals surface area contributed by atoms with E-state index in [1.165, 1.54) is 16.7 Å². The van der Waals surface area contributed by atoms with Gasteiger partial charge in [0, 0.05) is 25.6 Å². The summed E-state index contributed by atoms with van der Waals surface area (Å²) in [6.07, 6.45) is 4.04. The third kappa shape index (κ3) is 4.08. The molecule has 0 saturated carbocycles. The molecule has 2 bridgehead atoms. The zero-order valence-electron chi connectivity index (χ0n) is 19.6. The molecule has 1 N–H and O–H groups in total. The van der Waals surface area contributed by atoms with Crippen molar-refractivity contribution in [3.05, 3.63) is 57.6 Å². The van der Waals surface area contributed by atoms with Crippen LogP contribution in [0.5, 0.6) is 11.5 Å². The van der Waals surface area contributed by atoms with Crippen molar-refractivity contribution < 1.29 is 14.3 Å². The number of carbonyl (C=O) groups excluding carboxylic acids is 1. The Bertz CT molecular complexity index is 1010. The minimum Gasteiger partial charge on any atom is -0.496 e. The maximum absolute atomic E-state index is 12.3. The number of benzene rings is 2. The molecule has 2 aliphatic rings. The first-order valence-electron chi connectivity index (χ1n) is 11.3. The van der Waals surface area contributed by atoms with E-state index in [1.54, 1.807) is 21.1 Å². The number of rotatable bonds is 6. The van der Waals surface area contributed by atoms with Gasteiger partial charge in [-0.05, 0) is 80.0 Å². The second-order valence-corrected chi connectivity index (χ2v) is 9.66. The Morgan fingerprint density at radius 1 is 1.06 bits per heavy atom. The Labute approximate surface area is 196 Å². The molecule has 172 valence electrons. The Balaban J connectivity index is 1.64. The van der Waals surface area contributed by atoms with Gasteiger partial charge in [-0.1, -0.05) is 23.7 Å². The van der Waals surface area contributed by atoms with Gasteiger partial charge in [0.1, 0.15) is 11.5 Å². The molecule has 0 aromatic heterocycles. The van der Waals surface area contributed by atoms with E-state index in [2.05, 4.69) is 36.2 Å². The lowest BCUT2D eigenvalue weighted by Crippen LogP contribution is -2.56. The van der Waals surface area contributed by atoms with E-state index in [0.29, 0.717) is 22.9 Å². The van der Waals surface area contributed by atoms with Gasteiger partial charge in [-0.3, -0.25) is 9.69 Å². The average molecular weight is 457 g/mol. The Morgan fingerprint density at radius 2 is 1.72 bits per heavy atom. The first-order valence-corrected chi connectivity index (χ1v) is 11.7. The third-order valence-electron chi connectivity index (χ3n) is 7.48. The van der Waals surface area contributed by atoms with Crippen LogP contribution in [0.1, 0.15) is 54.9 Å². The highest BCUT2D eigenvalue weighted by atomic mass is 35.5. The summed E-state index contributed by atoms with van der Waals surface area (Å²) in [5.74, 6) is 1.58. The predicted molar refractivity (Wildman–Crippen MR) is 128 cm³/mol. The molecule has 0 radical (unpaired) electrons. The number of carbonyl (C=O) groups is 1. The molecule has 2 aromatic rings. The molecular weight excluding hydrogens is 424 g/mol. The molecule has 5 nitrogen and oxygen atoms in total. The van der Waals surface area contributed by atoms with Crippen molar-refractivity contribution >= 4 is 17.5 Å². The van der Waals surface area contributed by atoms with E-state index in [-0.39, 0.29) is 5.91 Å². The lowest BCUT2D eigenvalue weighted by molar-refractivity contribution is -0.122. The van der Waals surface area contributed by atoms with Crippen LogP contribution in [0.25, 0.3) is 0 Å². The first kappa shape index (κ1) is 22.9. The first-order chi connectivity index (χ1) is 15.3. The van der Waals surface area contributed by atoms with Crippen LogP contribution >= 0.6 is 11.6 Å². The van der Waals surface area contributed by atoms with Crippen LogP contribution in [-0.2, 0) is 16.9 Å². The van der Waals surface area contributed by atoms with E-state index in [0.717, 1.165) is 43.5 Å². The van der Waals surface area contributed by atoms with Gasteiger partial charge in [-0.25, -0.2) is 0 Å². The van der Waals surface area contributed by atoms with Crippen LogP contribution in [0.4, 0.5) is 0 Å². The Kier molecular flexibility index (Phi) is 6.42. The number of nitrogens with zero attached hydrogens (tertiary/aromatic N) is 1. The van der Waals surface area contributed by atoms with E-state index >= 15 is 0 Å². The summed E-state index contributed by atoms with van der Waals surface area (Å²) in [4.78, 5) is 14.9. The summed E-state index contributed by atoms with van der Waals surface area (Å²) < 4.78 is 11.0. The topological polar surface area (TPSA) is 50.8 Å². The molecule has 2 aliphatic heterocycles. The lowest BCUT2D eigenvalue weighted by Gasteiger charge is -2.47. The molecule has 6 heteroatoms. The molecule has 2 aromatic carbocycles. The molecular formula is C26H33ClN2O3. The van der Waals surface area contributed by atoms with Crippen LogP contribution in [0.15, 0.2) is 30.3 Å². The van der Waals surface area contributed by atoms with Crippen LogP contribution in [0, 0.1) is 13.8 Å². The summed E-state index contributed by atoms with van der Waals surface area (Å²) in [5.41, 5.74) is 4.51. The van der Waals surface area contributed by atoms with Crippen LogP contribution < -0.4 is 14.8 Å². The van der Waals surface area contributed by atoms with Crippen LogP contribution in [-0.4, -0.2) is 37.1 Å². The van der Waals surface area contributed by atoms with Crippen molar-refractivity contribution in [1.29, 1.82) is 0 Å². The number of amides is 1. The smallest absolute Gasteiger partial charge is 0.217 e. The molecule has 2 fully saturated rings. The average Bonchev–Trinajstić information content (AvgIpc) is 3.00. The van der Waals surface area contributed by atoms with Crippen molar-refractivity contribution in [2.75, 3.05) is 14.2 Å². The van der Waals surface area contributed by atoms with Crippen molar-refractivity contribution in [2.24, 2.45) is 0 Å². The maximum Gasteiger partial charge on any atom is 0.217 e. The molecule has 0 spiro atoms. The summed E-state index contributed by atoms with van der Waals surface area (Å²) in [6.45, 7) is 6.83. The van der Waals surface area contributed by atoms with Gasteiger partial charge in [-0.15, -0.1) is 0 Å². The fourth-order valence-electron chi connectivity index (χ4n) is 5.74. The Hall–Kier alpha value is -2.24. The highest BCUT2D eigenvalue weighted by Crippen LogP contribution is 2.47. The molecule has 0 aliphatic carbocycles. The fraction of sp³-hybridized carbons (Fsp3) is 0.500. The number of piperidine rings is 1. The third-order valence-corrected chi connectivity index (χ3v) is 7.79. The van der Waals surface area contributed by atoms with Gasteiger partial charge in [0.15, 0.2) is 0 Å². The van der Waals surface area contributed by atoms with E-state index in [1.807, 2.05) is 18.2 Å². The van der Waals surface area contributed by atoms with Gasteiger partial charge in [0.2, 0.25) is 5.91 Å². The number of halogens is 1. The van der Waals surface area contributed by atoms with Crippen LogP contribution in [0.3, 0.4) is 0 Å². The number of fused-ring (bicyclic) bond motifs is 2. The zero-order valence-corrected chi connectivity index (χ0v) is 20.4. The lowest BCUT2D eigenvalue weighted by atomic mass is 9.77. The largest absolute Gasteiger partial charge is 0.496 e. The fourth-order valence-corrected chi connectivity index (χ4v) is 5.94. The SMILES string of the molecule is COc1cc(C2(NC(C)=O)CC3CCC(C2)N3Cc2ccc(OC)c(C)c2C)ccc1Cl. The monoisotopic (exact) mass is 456 g/mol. The van der Waals surface area contributed by atoms with Crippen molar-refractivity contribution in [3.63, 3.8) is 0 Å². The second kappa shape index (κ2) is 8.95. The summed E-state index contributed by atoms with van der Waals surface area (Å²) in [5, 5.41) is 3.91. The zero-order chi connectivity index (χ0) is 23.0. The van der Waals surface area contributed by atoms with E-state index < -0.39 is 5.54 Å². The second-order valence-electron chi connectivity index (χ2n) is 9.26. The van der Waals surface area contributed by atoms with Crippen molar-refractivity contribution in [2.45, 2.75) is 70.6 Å². The Morgan fingerprint density at radius 3 is 2.31 bits per heavy atom. The molecule has 2 atom stereocenters. The molecule has 2 saturated heterocycles. The molecule has 2 unspecified atom stereocenters. The number of hydrogen-bond donors (Lipinski definition) is 1. The van der Waals surface area contributed by atoms with E-state index in [4.69, 9.17) is 21.1 Å². The van der Waals surface area contributed by atoms with Crippen molar-refractivity contribution in [3.8, 4) is 11.5 Å². The van der Waals surface area contributed by atoms with Crippen molar-refractivity contribution in [1.82, 2.24) is 10.2 Å². The standard InChI is InChI=1S/C26H33ClN2O3/c1-16-17(2)24(31-4)11-6-19(16)15-29-21-8-9-22(29)14-26(13-21,28-18(3)30)20-7-10-23(27)25(12-20)32-5/h6-7,10-12,21-22H,8-9,13-15H2,1-5H3,(H,28,30). The summed E-state index contributed by atoms with van der Waals surface area (Å²) in [7, 11) is 3.35. The highest BCUT2D eigenvalue weighted by molar-refractivity contribution is 6.32. The summed E-state index contributed by atoms with van der Waals surface area (Å²) >= 11 is 6.29. The van der Waals surface area contributed by atoms with Gasteiger partial charge in [0.25, 0.3) is 0 Å². The number of nitrogens with one attached hydrogen (secondary N) is 1. The summed E-state index contributed by atoms with van der Waals surface area (Å²) in [6, 6.07) is 11.0. The minimum absolute atomic E-state index is 0.00612. The molecule has 1 amide bonds. The van der Waals surface area contributed by atoms with Gasteiger partial charge < -0.3 is 14.8 Å². The normalized spacial score (nSPS) is 24.9. The number of ether oxygens (including phenoxy) is 2. The quantitative estimate of drug-likeness (QED) is 0.654. The highest BCUT2D eigenvalue weighted by Gasteiger charge is 2.49. The van der Waals surface area contributed by atoms with Crippen LogP contribution in [0.2, 0.25) is 5.02 Å². The molecule has 32 heavy (non-hydrogen) atoms. The number of hydrogen-bond acceptors (Lipinski definition) is 4.